The molecular weight excluding hydrogens is 314 g/mol. The third-order valence-electron chi connectivity index (χ3n) is 3.17. The lowest BCUT2D eigenvalue weighted by Crippen LogP contribution is -2.20. The van der Waals surface area contributed by atoms with Crippen LogP contribution in [0.15, 0.2) is 22.7 Å². The van der Waals surface area contributed by atoms with Crippen LogP contribution in [0, 0.1) is 5.92 Å². The molecular formula is C17H28BrNO. The van der Waals surface area contributed by atoms with Crippen molar-refractivity contribution in [3.63, 3.8) is 0 Å². The van der Waals surface area contributed by atoms with E-state index in [-0.39, 0.29) is 0 Å². The van der Waals surface area contributed by atoms with Crippen LogP contribution >= 0.6 is 15.9 Å². The highest BCUT2D eigenvalue weighted by Crippen LogP contribution is 2.26. The van der Waals surface area contributed by atoms with Crippen LogP contribution in [0.5, 0.6) is 5.75 Å². The van der Waals surface area contributed by atoms with Gasteiger partial charge in [-0.05, 0) is 78.8 Å². The van der Waals surface area contributed by atoms with Crippen molar-refractivity contribution in [2.24, 2.45) is 5.92 Å². The van der Waals surface area contributed by atoms with Crippen LogP contribution in [0.1, 0.15) is 45.6 Å². The Labute approximate surface area is 132 Å². The van der Waals surface area contributed by atoms with Crippen molar-refractivity contribution in [1.29, 1.82) is 0 Å². The number of nitrogens with one attached hydrogen (secondary N) is 1. The van der Waals surface area contributed by atoms with E-state index in [1.807, 2.05) is 6.92 Å². The van der Waals surface area contributed by atoms with E-state index in [9.17, 15) is 0 Å². The number of unbranched alkanes of at least 4 members (excludes halogenated alkanes) is 2. The molecule has 0 fully saturated rings. The minimum atomic E-state index is 0.710. The largest absolute Gasteiger partial charge is 0.493 e. The summed E-state index contributed by atoms with van der Waals surface area (Å²) in [5, 5.41) is 3.49. The Balaban J connectivity index is 2.17. The van der Waals surface area contributed by atoms with Gasteiger partial charge in [-0.3, -0.25) is 0 Å². The van der Waals surface area contributed by atoms with Gasteiger partial charge < -0.3 is 10.1 Å². The molecule has 0 aliphatic rings. The Hall–Kier alpha value is -0.540. The van der Waals surface area contributed by atoms with Crippen LogP contribution in [0.4, 0.5) is 0 Å². The smallest absolute Gasteiger partial charge is 0.133 e. The fourth-order valence-corrected chi connectivity index (χ4v) is 2.66. The monoisotopic (exact) mass is 341 g/mol. The maximum Gasteiger partial charge on any atom is 0.133 e. The summed E-state index contributed by atoms with van der Waals surface area (Å²) in [7, 11) is 0. The van der Waals surface area contributed by atoms with Gasteiger partial charge in [0.25, 0.3) is 0 Å². The average molecular weight is 342 g/mol. The summed E-state index contributed by atoms with van der Waals surface area (Å²) in [5.74, 6) is 1.69. The second-order valence-corrected chi connectivity index (χ2v) is 6.46. The van der Waals surface area contributed by atoms with Crippen LogP contribution in [-0.4, -0.2) is 19.7 Å². The number of rotatable bonds is 10. The molecule has 1 rings (SSSR count). The molecule has 0 bridgehead atoms. The topological polar surface area (TPSA) is 21.3 Å². The van der Waals surface area contributed by atoms with Gasteiger partial charge in [-0.25, -0.2) is 0 Å². The highest BCUT2D eigenvalue weighted by atomic mass is 79.9. The maximum absolute atomic E-state index is 5.53. The Kier molecular flexibility index (Phi) is 8.95. The SMILES string of the molecule is CCOc1ccc(CCCCCNCC(C)C)cc1Br. The molecule has 20 heavy (non-hydrogen) atoms. The minimum absolute atomic E-state index is 0.710. The van der Waals surface area contributed by atoms with Crippen molar-refractivity contribution < 1.29 is 4.74 Å². The quantitative estimate of drug-likeness (QED) is 0.616. The summed E-state index contributed by atoms with van der Waals surface area (Å²) in [6.45, 7) is 9.49. The second-order valence-electron chi connectivity index (χ2n) is 5.61. The predicted molar refractivity (Wildman–Crippen MR) is 90.6 cm³/mol. The normalized spacial score (nSPS) is 11.1. The van der Waals surface area contributed by atoms with Crippen molar-refractivity contribution in [2.75, 3.05) is 19.7 Å². The van der Waals surface area contributed by atoms with Crippen LogP contribution in [0.25, 0.3) is 0 Å². The first-order valence-corrected chi connectivity index (χ1v) is 8.54. The molecule has 2 nitrogen and oxygen atoms in total. The molecule has 1 aromatic rings. The van der Waals surface area contributed by atoms with Gasteiger partial charge in [-0.1, -0.05) is 26.3 Å². The summed E-state index contributed by atoms with van der Waals surface area (Å²) >= 11 is 3.57. The molecule has 0 saturated heterocycles. The van der Waals surface area contributed by atoms with Crippen molar-refractivity contribution in [1.82, 2.24) is 5.32 Å². The van der Waals surface area contributed by atoms with Crippen LogP contribution in [0.3, 0.4) is 0 Å². The Morgan fingerprint density at radius 3 is 2.65 bits per heavy atom. The third kappa shape index (κ3) is 7.30. The molecule has 0 aliphatic heterocycles. The summed E-state index contributed by atoms with van der Waals surface area (Å²) in [4.78, 5) is 0. The maximum atomic E-state index is 5.53. The Bertz CT molecular complexity index is 379. The zero-order chi connectivity index (χ0) is 14.8. The van der Waals surface area contributed by atoms with Gasteiger partial charge in [0.1, 0.15) is 5.75 Å². The third-order valence-corrected chi connectivity index (χ3v) is 3.79. The fourth-order valence-electron chi connectivity index (χ4n) is 2.12. The lowest BCUT2D eigenvalue weighted by molar-refractivity contribution is 0.338. The number of hydrogen-bond acceptors (Lipinski definition) is 2. The number of aryl methyl sites for hydroxylation is 1. The fraction of sp³-hybridized carbons (Fsp3) is 0.647. The van der Waals surface area contributed by atoms with Gasteiger partial charge in [-0.2, -0.15) is 0 Å². The molecule has 1 N–H and O–H groups in total. The highest BCUT2D eigenvalue weighted by molar-refractivity contribution is 9.10. The Morgan fingerprint density at radius 2 is 2.00 bits per heavy atom. The summed E-state index contributed by atoms with van der Waals surface area (Å²) in [6, 6.07) is 6.42. The zero-order valence-corrected chi connectivity index (χ0v) is 14.6. The molecule has 0 saturated carbocycles. The van der Waals surface area contributed by atoms with E-state index in [4.69, 9.17) is 4.74 Å². The van der Waals surface area contributed by atoms with E-state index >= 15 is 0 Å². The van der Waals surface area contributed by atoms with Gasteiger partial charge in [0.05, 0.1) is 11.1 Å². The summed E-state index contributed by atoms with van der Waals surface area (Å²) < 4.78 is 6.59. The van der Waals surface area contributed by atoms with Gasteiger partial charge in [0.2, 0.25) is 0 Å². The molecule has 0 unspecified atom stereocenters. The van der Waals surface area contributed by atoms with E-state index in [1.54, 1.807) is 0 Å². The van der Waals surface area contributed by atoms with E-state index in [1.165, 1.54) is 24.8 Å². The minimum Gasteiger partial charge on any atom is -0.493 e. The molecule has 3 heteroatoms. The van der Waals surface area contributed by atoms with Crippen molar-refractivity contribution in [3.8, 4) is 5.75 Å². The second kappa shape index (κ2) is 10.2. The van der Waals surface area contributed by atoms with E-state index in [0.29, 0.717) is 6.61 Å². The van der Waals surface area contributed by atoms with Crippen molar-refractivity contribution in [2.45, 2.75) is 46.5 Å². The molecule has 0 spiro atoms. The number of benzene rings is 1. The number of ether oxygens (including phenoxy) is 1. The first kappa shape index (κ1) is 17.5. The van der Waals surface area contributed by atoms with Gasteiger partial charge >= 0.3 is 0 Å². The lowest BCUT2D eigenvalue weighted by Gasteiger charge is -2.09. The highest BCUT2D eigenvalue weighted by Gasteiger charge is 2.02. The predicted octanol–water partition coefficient (Wildman–Crippen LogP) is 4.81. The Morgan fingerprint density at radius 1 is 1.20 bits per heavy atom. The van der Waals surface area contributed by atoms with Crippen LogP contribution < -0.4 is 10.1 Å². The molecule has 0 amide bonds. The molecule has 114 valence electrons. The molecule has 0 radical (unpaired) electrons. The lowest BCUT2D eigenvalue weighted by atomic mass is 10.1. The molecule has 0 aliphatic carbocycles. The average Bonchev–Trinajstić information content (AvgIpc) is 2.40. The number of hydrogen-bond donors (Lipinski definition) is 1. The van der Waals surface area contributed by atoms with Crippen molar-refractivity contribution >= 4 is 15.9 Å². The van der Waals surface area contributed by atoms with Gasteiger partial charge in [0.15, 0.2) is 0 Å². The molecule has 0 heterocycles. The van der Waals surface area contributed by atoms with Crippen LogP contribution in [0.2, 0.25) is 0 Å². The molecule has 1 aromatic carbocycles. The van der Waals surface area contributed by atoms with E-state index in [0.717, 1.165) is 35.7 Å². The first-order chi connectivity index (χ1) is 9.63. The number of halogens is 1. The van der Waals surface area contributed by atoms with Crippen molar-refractivity contribution in [3.05, 3.63) is 28.2 Å². The standard InChI is InChI=1S/C17H28BrNO/c1-4-20-17-10-9-15(12-16(17)18)8-6-5-7-11-19-13-14(2)3/h9-10,12,14,19H,4-8,11,13H2,1-3H3. The summed E-state index contributed by atoms with van der Waals surface area (Å²) in [6.07, 6.45) is 4.96. The molecule has 0 atom stereocenters. The zero-order valence-electron chi connectivity index (χ0n) is 13.0. The molecule has 0 aromatic heterocycles. The first-order valence-electron chi connectivity index (χ1n) is 7.75. The van der Waals surface area contributed by atoms with Gasteiger partial charge in [0, 0.05) is 0 Å². The van der Waals surface area contributed by atoms with E-state index in [2.05, 4.69) is 53.3 Å². The van der Waals surface area contributed by atoms with Crippen LogP contribution in [-0.2, 0) is 6.42 Å². The summed E-state index contributed by atoms with van der Waals surface area (Å²) in [5.41, 5.74) is 1.38. The van der Waals surface area contributed by atoms with E-state index < -0.39 is 0 Å². The van der Waals surface area contributed by atoms with Gasteiger partial charge in [-0.15, -0.1) is 0 Å².